The van der Waals surface area contributed by atoms with Crippen LogP contribution in [0, 0.1) is 6.92 Å². The molecular formula is C16H13F2NOS. The van der Waals surface area contributed by atoms with E-state index in [1.54, 1.807) is 12.1 Å². The highest BCUT2D eigenvalue weighted by molar-refractivity contribution is 7.98. The molecule has 2 nitrogen and oxygen atoms in total. The topological polar surface area (TPSA) is 14.2 Å². The van der Waals surface area contributed by atoms with Crippen molar-refractivity contribution in [2.45, 2.75) is 18.4 Å². The minimum absolute atomic E-state index is 0.184. The van der Waals surface area contributed by atoms with Gasteiger partial charge in [0.1, 0.15) is 5.75 Å². The summed E-state index contributed by atoms with van der Waals surface area (Å²) in [6.45, 7) is -0.926. The molecule has 0 saturated heterocycles. The van der Waals surface area contributed by atoms with Crippen LogP contribution in [0.5, 0.6) is 5.75 Å². The standard InChI is InChI=1S/C16H13F2NOS/c1-11-9-12(20-16(17)18)10-15-14(11)7-8-19(15)21-13-5-3-2-4-6-13/h2-10,16H,1H3. The van der Waals surface area contributed by atoms with Gasteiger partial charge >= 0.3 is 6.61 Å². The monoisotopic (exact) mass is 305 g/mol. The molecule has 0 N–H and O–H groups in total. The van der Waals surface area contributed by atoms with Gasteiger partial charge in [0.05, 0.1) is 5.52 Å². The van der Waals surface area contributed by atoms with E-state index < -0.39 is 6.61 Å². The van der Waals surface area contributed by atoms with E-state index >= 15 is 0 Å². The zero-order valence-corrected chi connectivity index (χ0v) is 12.1. The third-order valence-corrected chi connectivity index (χ3v) is 4.12. The van der Waals surface area contributed by atoms with Gasteiger partial charge < -0.3 is 4.74 Å². The highest BCUT2D eigenvalue weighted by Gasteiger charge is 2.10. The average molecular weight is 305 g/mol. The van der Waals surface area contributed by atoms with E-state index in [0.29, 0.717) is 0 Å². The highest BCUT2D eigenvalue weighted by Crippen LogP contribution is 2.31. The van der Waals surface area contributed by atoms with Crippen molar-refractivity contribution in [3.05, 3.63) is 60.3 Å². The first-order valence-corrected chi connectivity index (χ1v) is 7.21. The van der Waals surface area contributed by atoms with Crippen molar-refractivity contribution in [3.63, 3.8) is 0 Å². The van der Waals surface area contributed by atoms with Crippen LogP contribution in [0.2, 0.25) is 0 Å². The molecule has 3 rings (SSSR count). The Morgan fingerprint density at radius 3 is 2.57 bits per heavy atom. The van der Waals surface area contributed by atoms with Crippen LogP contribution in [-0.4, -0.2) is 10.6 Å². The lowest BCUT2D eigenvalue weighted by Crippen LogP contribution is -2.02. The molecule has 0 radical (unpaired) electrons. The summed E-state index contributed by atoms with van der Waals surface area (Å²) in [5.41, 5.74) is 1.77. The first kappa shape index (κ1) is 13.9. The van der Waals surface area contributed by atoms with Gasteiger partial charge in [0, 0.05) is 22.5 Å². The third-order valence-electron chi connectivity index (χ3n) is 3.12. The number of alkyl halides is 2. The molecule has 2 aromatic carbocycles. The maximum atomic E-state index is 12.4. The fourth-order valence-corrected chi connectivity index (χ4v) is 3.09. The van der Waals surface area contributed by atoms with Gasteiger partial charge in [0.2, 0.25) is 0 Å². The molecule has 0 aliphatic carbocycles. The summed E-state index contributed by atoms with van der Waals surface area (Å²) in [6.07, 6.45) is 1.93. The summed E-state index contributed by atoms with van der Waals surface area (Å²) in [4.78, 5) is 1.08. The fraction of sp³-hybridized carbons (Fsp3) is 0.125. The molecule has 1 heterocycles. The molecule has 0 aliphatic heterocycles. The summed E-state index contributed by atoms with van der Waals surface area (Å²) in [7, 11) is 0. The third kappa shape index (κ3) is 3.03. The lowest BCUT2D eigenvalue weighted by Gasteiger charge is -2.09. The molecule has 0 amide bonds. The largest absolute Gasteiger partial charge is 0.435 e. The minimum Gasteiger partial charge on any atom is -0.435 e. The van der Waals surface area contributed by atoms with Crippen LogP contribution in [0.3, 0.4) is 0 Å². The Bertz CT molecular complexity index is 756. The number of benzene rings is 2. The lowest BCUT2D eigenvalue weighted by atomic mass is 10.1. The van der Waals surface area contributed by atoms with Crippen molar-refractivity contribution in [3.8, 4) is 5.75 Å². The van der Waals surface area contributed by atoms with Crippen molar-refractivity contribution in [2.24, 2.45) is 0 Å². The van der Waals surface area contributed by atoms with Gasteiger partial charge in [-0.15, -0.1) is 0 Å². The van der Waals surface area contributed by atoms with Crippen molar-refractivity contribution >= 4 is 22.9 Å². The summed E-state index contributed by atoms with van der Waals surface area (Å²) in [5.74, 6) is 0.184. The Hall–Kier alpha value is -2.01. The van der Waals surface area contributed by atoms with E-state index in [9.17, 15) is 8.78 Å². The SMILES string of the molecule is Cc1cc(OC(F)F)cc2c1ccn2Sc1ccccc1. The van der Waals surface area contributed by atoms with Crippen molar-refractivity contribution in [1.82, 2.24) is 3.97 Å². The number of hydrogen-bond donors (Lipinski definition) is 0. The number of halogens is 2. The second kappa shape index (κ2) is 5.77. The molecule has 0 spiro atoms. The molecule has 0 fully saturated rings. The van der Waals surface area contributed by atoms with Crippen LogP contribution in [0.25, 0.3) is 10.9 Å². The van der Waals surface area contributed by atoms with Gasteiger partial charge in [0.15, 0.2) is 0 Å². The molecular weight excluding hydrogens is 292 g/mol. The van der Waals surface area contributed by atoms with Gasteiger partial charge in [-0.25, -0.2) is 0 Å². The first-order chi connectivity index (χ1) is 10.1. The Balaban J connectivity index is 2.01. The highest BCUT2D eigenvalue weighted by atomic mass is 32.2. The molecule has 0 unspecified atom stereocenters. The first-order valence-electron chi connectivity index (χ1n) is 6.43. The van der Waals surface area contributed by atoms with Crippen LogP contribution in [0.1, 0.15) is 5.56 Å². The summed E-state index contributed by atoms with van der Waals surface area (Å²) < 4.78 is 31.3. The van der Waals surface area contributed by atoms with Gasteiger partial charge in [-0.2, -0.15) is 8.78 Å². The lowest BCUT2D eigenvalue weighted by molar-refractivity contribution is -0.0497. The van der Waals surface area contributed by atoms with Crippen LogP contribution >= 0.6 is 11.9 Å². The molecule has 3 aromatic rings. The summed E-state index contributed by atoms with van der Waals surface area (Å²) in [5, 5.41) is 1.03. The van der Waals surface area contributed by atoms with Crippen molar-refractivity contribution < 1.29 is 13.5 Å². The summed E-state index contributed by atoms with van der Waals surface area (Å²) >= 11 is 1.53. The minimum atomic E-state index is -2.81. The summed E-state index contributed by atoms with van der Waals surface area (Å²) in [6, 6.07) is 15.1. The van der Waals surface area contributed by atoms with E-state index in [-0.39, 0.29) is 5.75 Å². The molecule has 0 aliphatic rings. The number of nitrogens with zero attached hydrogens (tertiary/aromatic N) is 1. The zero-order chi connectivity index (χ0) is 14.8. The zero-order valence-electron chi connectivity index (χ0n) is 11.3. The van der Waals surface area contributed by atoms with Crippen LogP contribution in [-0.2, 0) is 0 Å². The normalized spacial score (nSPS) is 11.2. The van der Waals surface area contributed by atoms with Crippen molar-refractivity contribution in [1.29, 1.82) is 0 Å². The maximum Gasteiger partial charge on any atom is 0.387 e. The Kier molecular flexibility index (Phi) is 3.84. The average Bonchev–Trinajstić information content (AvgIpc) is 2.83. The quantitative estimate of drug-likeness (QED) is 0.665. The smallest absolute Gasteiger partial charge is 0.387 e. The van der Waals surface area contributed by atoms with Crippen LogP contribution in [0.15, 0.2) is 59.6 Å². The predicted molar refractivity (Wildman–Crippen MR) is 81.0 cm³/mol. The van der Waals surface area contributed by atoms with E-state index in [0.717, 1.165) is 21.4 Å². The second-order valence-electron chi connectivity index (χ2n) is 4.60. The molecule has 5 heteroatoms. The van der Waals surface area contributed by atoms with Crippen LogP contribution in [0.4, 0.5) is 8.78 Å². The van der Waals surface area contributed by atoms with E-state index in [1.807, 2.05) is 53.5 Å². The molecule has 0 atom stereocenters. The second-order valence-corrected chi connectivity index (χ2v) is 5.64. The fourth-order valence-electron chi connectivity index (χ4n) is 2.21. The van der Waals surface area contributed by atoms with Gasteiger partial charge in [0.25, 0.3) is 0 Å². The van der Waals surface area contributed by atoms with E-state index in [4.69, 9.17) is 0 Å². The maximum absolute atomic E-state index is 12.4. The molecule has 0 bridgehead atoms. The number of aryl methyl sites for hydroxylation is 1. The number of rotatable bonds is 4. The molecule has 1 aromatic heterocycles. The Morgan fingerprint density at radius 2 is 1.86 bits per heavy atom. The number of fused-ring (bicyclic) bond motifs is 1. The van der Waals surface area contributed by atoms with E-state index in [2.05, 4.69) is 4.74 Å². The molecule has 108 valence electrons. The number of hydrogen-bond acceptors (Lipinski definition) is 2. The Morgan fingerprint density at radius 1 is 1.10 bits per heavy atom. The number of ether oxygens (including phenoxy) is 1. The number of aromatic nitrogens is 1. The predicted octanol–water partition coefficient (Wildman–Crippen LogP) is 5.11. The van der Waals surface area contributed by atoms with Crippen LogP contribution < -0.4 is 4.74 Å². The van der Waals surface area contributed by atoms with Gasteiger partial charge in [-0.1, -0.05) is 18.2 Å². The van der Waals surface area contributed by atoms with Gasteiger partial charge in [-0.3, -0.25) is 3.97 Å². The Labute approximate surface area is 125 Å². The molecule has 0 saturated carbocycles. The van der Waals surface area contributed by atoms with Gasteiger partial charge in [-0.05, 0) is 48.7 Å². The molecule has 21 heavy (non-hydrogen) atoms. The van der Waals surface area contributed by atoms with Crippen molar-refractivity contribution in [2.75, 3.05) is 0 Å². The van der Waals surface area contributed by atoms with E-state index in [1.165, 1.54) is 11.9 Å².